The van der Waals surface area contributed by atoms with Crippen molar-refractivity contribution in [3.05, 3.63) is 59.4 Å². The van der Waals surface area contributed by atoms with E-state index in [1.165, 1.54) is 37.4 Å². The van der Waals surface area contributed by atoms with E-state index in [0.717, 1.165) is 5.56 Å². The third-order valence-corrected chi connectivity index (χ3v) is 2.72. The molecule has 0 saturated heterocycles. The number of hydrogen-bond donors (Lipinski definition) is 1. The number of aromatic carboxylic acids is 1. The fourth-order valence-electron chi connectivity index (χ4n) is 1.66. The summed E-state index contributed by atoms with van der Waals surface area (Å²) in [6, 6.07) is 10.2. The molecule has 0 atom stereocenters. The fourth-order valence-corrected chi connectivity index (χ4v) is 1.66. The zero-order chi connectivity index (χ0) is 14.5. The van der Waals surface area contributed by atoms with Crippen molar-refractivity contribution in [1.82, 2.24) is 0 Å². The second-order valence-electron chi connectivity index (χ2n) is 4.09. The topological polar surface area (TPSA) is 55.8 Å². The Kier molecular flexibility index (Phi) is 4.20. The van der Waals surface area contributed by atoms with Gasteiger partial charge in [0.25, 0.3) is 0 Å². The highest BCUT2D eigenvalue weighted by molar-refractivity contribution is 5.88. The number of carboxylic acids is 1. The number of rotatable bonds is 5. The minimum Gasteiger partial charge on any atom is -0.493 e. The van der Waals surface area contributed by atoms with Gasteiger partial charge in [0.05, 0.1) is 12.7 Å². The lowest BCUT2D eigenvalue weighted by Gasteiger charge is -2.11. The first kappa shape index (κ1) is 13.9. The molecule has 4 nitrogen and oxygen atoms in total. The van der Waals surface area contributed by atoms with Gasteiger partial charge in [-0.1, -0.05) is 12.1 Å². The molecule has 0 bridgehead atoms. The second-order valence-corrected chi connectivity index (χ2v) is 4.09. The maximum Gasteiger partial charge on any atom is 0.335 e. The van der Waals surface area contributed by atoms with Crippen molar-refractivity contribution in [2.24, 2.45) is 0 Å². The highest BCUT2D eigenvalue weighted by Crippen LogP contribution is 2.28. The number of carbonyl (C=O) groups is 1. The molecule has 104 valence electrons. The number of hydrogen-bond acceptors (Lipinski definition) is 3. The SMILES string of the molecule is COc1ccc(C(=O)O)cc1OCc1ccc(F)cc1. The lowest BCUT2D eigenvalue weighted by Crippen LogP contribution is -2.01. The fraction of sp³-hybridized carbons (Fsp3) is 0.133. The average molecular weight is 276 g/mol. The van der Waals surface area contributed by atoms with E-state index in [4.69, 9.17) is 14.6 Å². The van der Waals surface area contributed by atoms with Crippen LogP contribution >= 0.6 is 0 Å². The Hall–Kier alpha value is -2.56. The molecule has 5 heteroatoms. The van der Waals surface area contributed by atoms with Crippen LogP contribution in [0.15, 0.2) is 42.5 Å². The summed E-state index contributed by atoms with van der Waals surface area (Å²) >= 11 is 0. The monoisotopic (exact) mass is 276 g/mol. The Morgan fingerprint density at radius 3 is 2.45 bits per heavy atom. The lowest BCUT2D eigenvalue weighted by molar-refractivity contribution is 0.0696. The largest absolute Gasteiger partial charge is 0.493 e. The van der Waals surface area contributed by atoms with E-state index in [9.17, 15) is 9.18 Å². The molecule has 0 aliphatic heterocycles. The molecule has 0 radical (unpaired) electrons. The molecule has 0 unspecified atom stereocenters. The van der Waals surface area contributed by atoms with Crippen LogP contribution in [0.3, 0.4) is 0 Å². The first-order valence-corrected chi connectivity index (χ1v) is 5.88. The Bertz CT molecular complexity index is 608. The molecular formula is C15H13FO4. The molecule has 0 heterocycles. The third kappa shape index (κ3) is 3.26. The molecule has 2 aromatic carbocycles. The van der Waals surface area contributed by atoms with Crippen LogP contribution in [-0.4, -0.2) is 18.2 Å². The number of halogens is 1. The number of ether oxygens (including phenoxy) is 2. The van der Waals surface area contributed by atoms with Gasteiger partial charge in [-0.05, 0) is 35.9 Å². The van der Waals surface area contributed by atoms with Crippen LogP contribution in [0.1, 0.15) is 15.9 Å². The van der Waals surface area contributed by atoms with E-state index in [2.05, 4.69) is 0 Å². The van der Waals surface area contributed by atoms with Gasteiger partial charge in [-0.15, -0.1) is 0 Å². The predicted molar refractivity (Wildman–Crippen MR) is 70.7 cm³/mol. The van der Waals surface area contributed by atoms with Crippen LogP contribution in [0.2, 0.25) is 0 Å². The maximum atomic E-state index is 12.8. The molecular weight excluding hydrogens is 263 g/mol. The normalized spacial score (nSPS) is 10.1. The summed E-state index contributed by atoms with van der Waals surface area (Å²) < 4.78 is 23.4. The van der Waals surface area contributed by atoms with Gasteiger partial charge < -0.3 is 14.6 Å². The standard InChI is InChI=1S/C15H13FO4/c1-19-13-7-4-11(15(17)18)8-14(13)20-9-10-2-5-12(16)6-3-10/h2-8H,9H2,1H3,(H,17,18). The molecule has 0 saturated carbocycles. The van der Waals surface area contributed by atoms with Crippen molar-refractivity contribution in [3.8, 4) is 11.5 Å². The summed E-state index contributed by atoms with van der Waals surface area (Å²) in [5, 5.41) is 8.95. The molecule has 0 fully saturated rings. The maximum absolute atomic E-state index is 12.8. The van der Waals surface area contributed by atoms with Crippen molar-refractivity contribution in [2.45, 2.75) is 6.61 Å². The lowest BCUT2D eigenvalue weighted by atomic mass is 10.2. The van der Waals surface area contributed by atoms with Crippen LogP contribution in [0.25, 0.3) is 0 Å². The van der Waals surface area contributed by atoms with Gasteiger partial charge >= 0.3 is 5.97 Å². The summed E-state index contributed by atoms with van der Waals surface area (Å²) in [5.74, 6) is -0.590. The van der Waals surface area contributed by atoms with Gasteiger partial charge in [0.2, 0.25) is 0 Å². The van der Waals surface area contributed by atoms with Crippen molar-refractivity contribution in [2.75, 3.05) is 7.11 Å². The predicted octanol–water partition coefficient (Wildman–Crippen LogP) is 3.11. The summed E-state index contributed by atoms with van der Waals surface area (Å²) in [5.41, 5.74) is 0.883. The zero-order valence-corrected chi connectivity index (χ0v) is 10.8. The van der Waals surface area contributed by atoms with E-state index in [0.29, 0.717) is 11.5 Å². The van der Waals surface area contributed by atoms with E-state index in [-0.39, 0.29) is 18.0 Å². The van der Waals surface area contributed by atoms with E-state index >= 15 is 0 Å². The van der Waals surface area contributed by atoms with Crippen LogP contribution < -0.4 is 9.47 Å². The molecule has 2 aromatic rings. The van der Waals surface area contributed by atoms with Gasteiger partial charge in [-0.2, -0.15) is 0 Å². The van der Waals surface area contributed by atoms with Gasteiger partial charge in [0.1, 0.15) is 12.4 Å². The molecule has 0 spiro atoms. The Morgan fingerprint density at radius 2 is 1.85 bits per heavy atom. The minimum atomic E-state index is -1.04. The summed E-state index contributed by atoms with van der Waals surface area (Å²) in [6.07, 6.45) is 0. The highest BCUT2D eigenvalue weighted by Gasteiger charge is 2.10. The molecule has 0 amide bonds. The van der Waals surface area contributed by atoms with Crippen molar-refractivity contribution in [1.29, 1.82) is 0 Å². The summed E-state index contributed by atoms with van der Waals surface area (Å²) in [6.45, 7) is 0.194. The van der Waals surface area contributed by atoms with Crippen LogP contribution in [-0.2, 0) is 6.61 Å². The summed E-state index contributed by atoms with van der Waals surface area (Å²) in [4.78, 5) is 10.9. The molecule has 0 aliphatic carbocycles. The molecule has 0 aliphatic rings. The van der Waals surface area contributed by atoms with E-state index in [1.54, 1.807) is 12.1 Å². The van der Waals surface area contributed by atoms with Crippen molar-refractivity contribution >= 4 is 5.97 Å². The van der Waals surface area contributed by atoms with Crippen LogP contribution in [0.4, 0.5) is 4.39 Å². The summed E-state index contributed by atoms with van der Waals surface area (Å²) in [7, 11) is 1.47. The van der Waals surface area contributed by atoms with Gasteiger partial charge in [0, 0.05) is 0 Å². The van der Waals surface area contributed by atoms with Crippen LogP contribution in [0, 0.1) is 5.82 Å². The van der Waals surface area contributed by atoms with Gasteiger partial charge in [-0.25, -0.2) is 9.18 Å². The van der Waals surface area contributed by atoms with Gasteiger partial charge in [0.15, 0.2) is 11.5 Å². The first-order chi connectivity index (χ1) is 9.60. The molecule has 0 aromatic heterocycles. The average Bonchev–Trinajstić information content (AvgIpc) is 2.46. The van der Waals surface area contributed by atoms with Gasteiger partial charge in [-0.3, -0.25) is 0 Å². The van der Waals surface area contributed by atoms with E-state index < -0.39 is 5.97 Å². The number of benzene rings is 2. The molecule has 20 heavy (non-hydrogen) atoms. The minimum absolute atomic E-state index is 0.111. The highest BCUT2D eigenvalue weighted by atomic mass is 19.1. The van der Waals surface area contributed by atoms with Crippen molar-refractivity contribution < 1.29 is 23.8 Å². The Balaban J connectivity index is 2.16. The quantitative estimate of drug-likeness (QED) is 0.911. The second kappa shape index (κ2) is 6.06. The number of carboxylic acid groups (broad SMARTS) is 1. The molecule has 2 rings (SSSR count). The first-order valence-electron chi connectivity index (χ1n) is 5.88. The zero-order valence-electron chi connectivity index (χ0n) is 10.8. The molecule has 1 N–H and O–H groups in total. The van der Waals surface area contributed by atoms with Crippen molar-refractivity contribution in [3.63, 3.8) is 0 Å². The smallest absolute Gasteiger partial charge is 0.335 e. The third-order valence-electron chi connectivity index (χ3n) is 2.72. The van der Waals surface area contributed by atoms with Crippen LogP contribution in [0.5, 0.6) is 11.5 Å². The van der Waals surface area contributed by atoms with E-state index in [1.807, 2.05) is 0 Å². The Labute approximate surface area is 115 Å². The Morgan fingerprint density at radius 1 is 1.15 bits per heavy atom. The number of methoxy groups -OCH3 is 1.